The molecule has 4 aromatic rings. The molecule has 0 spiro atoms. The van der Waals surface area contributed by atoms with Gasteiger partial charge in [0.2, 0.25) is 5.76 Å². The zero-order valence-electron chi connectivity index (χ0n) is 17.0. The molecule has 0 unspecified atom stereocenters. The first-order valence-corrected chi connectivity index (χ1v) is 10.1. The SMILES string of the molecule is O=C(Nc1ccc(Oc2ccc(CCNCc3ccccc3)cc2)cc1)c1ccno1. The number of carbonyl (C=O) groups excluding carboxylic acids is 1. The van der Waals surface area contributed by atoms with Gasteiger partial charge in [0, 0.05) is 18.3 Å². The van der Waals surface area contributed by atoms with Crippen LogP contribution in [0.1, 0.15) is 21.7 Å². The van der Waals surface area contributed by atoms with Gasteiger partial charge in [-0.05, 0) is 60.5 Å². The fraction of sp³-hybridized carbons (Fsp3) is 0.120. The molecule has 1 aromatic heterocycles. The number of aromatic nitrogens is 1. The minimum Gasteiger partial charge on any atom is -0.457 e. The number of amides is 1. The van der Waals surface area contributed by atoms with Gasteiger partial charge in [-0.15, -0.1) is 0 Å². The van der Waals surface area contributed by atoms with Crippen molar-refractivity contribution in [1.82, 2.24) is 10.5 Å². The van der Waals surface area contributed by atoms with Crippen LogP contribution in [0.15, 0.2) is 95.6 Å². The van der Waals surface area contributed by atoms with Crippen LogP contribution in [-0.2, 0) is 13.0 Å². The van der Waals surface area contributed by atoms with E-state index < -0.39 is 0 Å². The topological polar surface area (TPSA) is 76.4 Å². The largest absolute Gasteiger partial charge is 0.457 e. The van der Waals surface area contributed by atoms with E-state index in [1.165, 1.54) is 23.4 Å². The number of hydrogen-bond donors (Lipinski definition) is 2. The summed E-state index contributed by atoms with van der Waals surface area (Å²) in [5, 5.41) is 9.73. The second-order valence-electron chi connectivity index (χ2n) is 7.01. The minimum atomic E-state index is -0.347. The van der Waals surface area contributed by atoms with Crippen LogP contribution < -0.4 is 15.4 Å². The van der Waals surface area contributed by atoms with Crippen molar-refractivity contribution in [3.63, 3.8) is 0 Å². The van der Waals surface area contributed by atoms with Gasteiger partial charge >= 0.3 is 0 Å². The van der Waals surface area contributed by atoms with Crippen molar-refractivity contribution >= 4 is 11.6 Å². The minimum absolute atomic E-state index is 0.163. The van der Waals surface area contributed by atoms with Crippen molar-refractivity contribution in [2.24, 2.45) is 0 Å². The highest BCUT2D eigenvalue weighted by molar-refractivity contribution is 6.02. The predicted octanol–water partition coefficient (Wildman–Crippen LogP) is 5.05. The van der Waals surface area contributed by atoms with Crippen molar-refractivity contribution in [1.29, 1.82) is 0 Å². The first-order chi connectivity index (χ1) is 15.3. The van der Waals surface area contributed by atoms with Gasteiger partial charge in [-0.3, -0.25) is 4.79 Å². The Hall–Kier alpha value is -3.90. The quantitative estimate of drug-likeness (QED) is 0.376. The highest BCUT2D eigenvalue weighted by Gasteiger charge is 2.09. The van der Waals surface area contributed by atoms with E-state index in [0.717, 1.165) is 25.3 Å². The Morgan fingerprint density at radius 3 is 2.23 bits per heavy atom. The lowest BCUT2D eigenvalue weighted by Crippen LogP contribution is -2.16. The number of anilines is 1. The van der Waals surface area contributed by atoms with E-state index >= 15 is 0 Å². The molecule has 0 aliphatic heterocycles. The lowest BCUT2D eigenvalue weighted by molar-refractivity contribution is 0.0988. The number of nitrogens with zero attached hydrogens (tertiary/aromatic N) is 1. The van der Waals surface area contributed by atoms with E-state index in [0.29, 0.717) is 11.4 Å². The summed E-state index contributed by atoms with van der Waals surface area (Å²) in [4.78, 5) is 12.0. The molecule has 0 atom stereocenters. The molecule has 0 bridgehead atoms. The summed E-state index contributed by atoms with van der Waals surface area (Å²) < 4.78 is 10.7. The van der Waals surface area contributed by atoms with E-state index in [-0.39, 0.29) is 11.7 Å². The highest BCUT2D eigenvalue weighted by Crippen LogP contribution is 2.23. The van der Waals surface area contributed by atoms with Crippen molar-refractivity contribution in [2.75, 3.05) is 11.9 Å². The lowest BCUT2D eigenvalue weighted by atomic mass is 10.1. The summed E-state index contributed by atoms with van der Waals surface area (Å²) in [5.41, 5.74) is 3.18. The van der Waals surface area contributed by atoms with Crippen LogP contribution in [0.5, 0.6) is 11.5 Å². The third kappa shape index (κ3) is 6.04. The fourth-order valence-electron chi connectivity index (χ4n) is 3.05. The molecule has 31 heavy (non-hydrogen) atoms. The molecular weight excluding hydrogens is 390 g/mol. The molecule has 0 saturated carbocycles. The summed E-state index contributed by atoms with van der Waals surface area (Å²) >= 11 is 0. The monoisotopic (exact) mass is 413 g/mol. The van der Waals surface area contributed by atoms with E-state index in [1.807, 2.05) is 18.2 Å². The molecule has 0 aliphatic rings. The smallest absolute Gasteiger partial charge is 0.294 e. The predicted molar refractivity (Wildman–Crippen MR) is 119 cm³/mol. The van der Waals surface area contributed by atoms with Gasteiger partial charge in [-0.1, -0.05) is 47.6 Å². The molecule has 0 fully saturated rings. The molecule has 0 radical (unpaired) electrons. The summed E-state index contributed by atoms with van der Waals surface area (Å²) in [7, 11) is 0. The maximum Gasteiger partial charge on any atom is 0.294 e. The molecule has 0 saturated heterocycles. The molecule has 4 rings (SSSR count). The number of carbonyl (C=O) groups is 1. The molecule has 3 aromatic carbocycles. The summed E-state index contributed by atoms with van der Waals surface area (Å²) in [6.07, 6.45) is 2.38. The first-order valence-electron chi connectivity index (χ1n) is 10.1. The normalized spacial score (nSPS) is 10.6. The van der Waals surface area contributed by atoms with E-state index in [2.05, 4.69) is 52.2 Å². The van der Waals surface area contributed by atoms with Crippen molar-refractivity contribution in [3.05, 3.63) is 108 Å². The molecule has 2 N–H and O–H groups in total. The van der Waals surface area contributed by atoms with Gasteiger partial charge in [-0.2, -0.15) is 0 Å². The maximum absolute atomic E-state index is 12.0. The van der Waals surface area contributed by atoms with Crippen LogP contribution in [0.25, 0.3) is 0 Å². The molecule has 1 amide bonds. The van der Waals surface area contributed by atoms with Crippen LogP contribution in [0.3, 0.4) is 0 Å². The van der Waals surface area contributed by atoms with Crippen LogP contribution in [0, 0.1) is 0 Å². The van der Waals surface area contributed by atoms with Gasteiger partial charge in [-0.25, -0.2) is 0 Å². The highest BCUT2D eigenvalue weighted by atomic mass is 16.5. The molecule has 6 nitrogen and oxygen atoms in total. The van der Waals surface area contributed by atoms with Gasteiger partial charge in [0.25, 0.3) is 5.91 Å². The average Bonchev–Trinajstić information content (AvgIpc) is 3.35. The van der Waals surface area contributed by atoms with E-state index in [9.17, 15) is 4.79 Å². The van der Waals surface area contributed by atoms with Crippen molar-refractivity contribution in [2.45, 2.75) is 13.0 Å². The summed E-state index contributed by atoms with van der Waals surface area (Å²) in [5.74, 6) is 1.27. The average molecular weight is 413 g/mol. The van der Waals surface area contributed by atoms with Gasteiger partial charge in [0.1, 0.15) is 11.5 Å². The molecule has 6 heteroatoms. The Morgan fingerprint density at radius 1 is 0.839 bits per heavy atom. The van der Waals surface area contributed by atoms with Crippen LogP contribution >= 0.6 is 0 Å². The second-order valence-corrected chi connectivity index (χ2v) is 7.01. The number of rotatable bonds is 9. The number of hydrogen-bond acceptors (Lipinski definition) is 5. The zero-order chi connectivity index (χ0) is 21.3. The fourth-order valence-corrected chi connectivity index (χ4v) is 3.05. The molecular formula is C25H23N3O3. The Labute approximate surface area is 180 Å². The molecule has 156 valence electrons. The van der Waals surface area contributed by atoms with Crippen molar-refractivity contribution in [3.8, 4) is 11.5 Å². The maximum atomic E-state index is 12.0. The molecule has 0 aliphatic carbocycles. The number of benzene rings is 3. The summed E-state index contributed by atoms with van der Waals surface area (Å²) in [6, 6.07) is 27.1. The number of ether oxygens (including phenoxy) is 1. The second kappa shape index (κ2) is 10.2. The Morgan fingerprint density at radius 2 is 1.55 bits per heavy atom. The Bertz CT molecular complexity index is 1080. The lowest BCUT2D eigenvalue weighted by Gasteiger charge is -2.09. The van der Waals surface area contributed by atoms with E-state index in [4.69, 9.17) is 9.26 Å². The van der Waals surface area contributed by atoms with Gasteiger partial charge in [0.15, 0.2) is 0 Å². The van der Waals surface area contributed by atoms with Crippen molar-refractivity contribution < 1.29 is 14.1 Å². The van der Waals surface area contributed by atoms with Gasteiger partial charge < -0.3 is 19.9 Å². The Balaban J connectivity index is 1.23. The third-order valence-corrected chi connectivity index (χ3v) is 4.70. The first kappa shape index (κ1) is 20.4. The van der Waals surface area contributed by atoms with Crippen LogP contribution in [-0.4, -0.2) is 17.6 Å². The van der Waals surface area contributed by atoms with Gasteiger partial charge in [0.05, 0.1) is 6.20 Å². The Kier molecular flexibility index (Phi) is 6.72. The summed E-state index contributed by atoms with van der Waals surface area (Å²) in [6.45, 7) is 1.78. The number of nitrogens with one attached hydrogen (secondary N) is 2. The van der Waals surface area contributed by atoms with Crippen LogP contribution in [0.4, 0.5) is 5.69 Å². The third-order valence-electron chi connectivity index (χ3n) is 4.70. The van der Waals surface area contributed by atoms with E-state index in [1.54, 1.807) is 24.3 Å². The zero-order valence-corrected chi connectivity index (χ0v) is 17.0. The standard InChI is InChI=1S/C25H23N3O3/c29-25(24-15-17-27-31-24)28-21-8-12-23(13-9-21)30-22-10-6-19(7-11-22)14-16-26-18-20-4-2-1-3-5-20/h1-13,15,17,26H,14,16,18H2,(H,28,29). The molecule has 1 heterocycles. The van der Waals surface area contributed by atoms with Crippen LogP contribution in [0.2, 0.25) is 0 Å².